The van der Waals surface area contributed by atoms with Gasteiger partial charge >= 0.3 is 5.97 Å². The van der Waals surface area contributed by atoms with Crippen LogP contribution in [-0.4, -0.2) is 26.1 Å². The largest absolute Gasteiger partial charge is 0.496 e. The van der Waals surface area contributed by atoms with E-state index in [2.05, 4.69) is 5.32 Å². The van der Waals surface area contributed by atoms with Crippen molar-refractivity contribution in [2.45, 2.75) is 4.90 Å². The van der Waals surface area contributed by atoms with E-state index in [0.29, 0.717) is 21.9 Å². The lowest BCUT2D eigenvalue weighted by molar-refractivity contribution is -0.112. The number of carbonyl (C=O) groups excluding carboxylic acids is 2. The number of anilines is 1. The van der Waals surface area contributed by atoms with Crippen molar-refractivity contribution in [2.75, 3.05) is 19.5 Å². The van der Waals surface area contributed by atoms with Gasteiger partial charge in [-0.15, -0.1) is 0 Å². The van der Waals surface area contributed by atoms with Crippen LogP contribution in [0.25, 0.3) is 6.08 Å². The lowest BCUT2D eigenvalue weighted by Gasteiger charge is -2.19. The van der Waals surface area contributed by atoms with Crippen LogP contribution in [0.15, 0.2) is 52.3 Å². The van der Waals surface area contributed by atoms with Gasteiger partial charge in [0.15, 0.2) is 0 Å². The summed E-state index contributed by atoms with van der Waals surface area (Å²) in [6, 6.07) is 12.6. The fourth-order valence-corrected chi connectivity index (χ4v) is 3.25. The van der Waals surface area contributed by atoms with Crippen LogP contribution in [0.5, 0.6) is 5.75 Å². The molecule has 5 nitrogen and oxygen atoms in total. The number of hydrogen-bond donors (Lipinski definition) is 1. The molecule has 0 unspecified atom stereocenters. The molecule has 1 aliphatic rings. The predicted molar refractivity (Wildman–Crippen MR) is 93.2 cm³/mol. The average molecular weight is 341 g/mol. The number of nitrogens with one attached hydrogen (secondary N) is 1. The molecule has 6 heteroatoms. The highest BCUT2D eigenvalue weighted by Gasteiger charge is 2.22. The molecule has 24 heavy (non-hydrogen) atoms. The summed E-state index contributed by atoms with van der Waals surface area (Å²) in [7, 11) is 2.91. The second-order valence-corrected chi connectivity index (χ2v) is 6.09. The number of thioether (sulfide) groups is 1. The minimum atomic E-state index is -0.438. The number of para-hydroxylation sites is 1. The Kier molecular flexibility index (Phi) is 4.57. The number of rotatable bonds is 3. The van der Waals surface area contributed by atoms with Gasteiger partial charge in [0, 0.05) is 10.5 Å². The van der Waals surface area contributed by atoms with Crippen molar-refractivity contribution in [1.82, 2.24) is 0 Å². The maximum Gasteiger partial charge on any atom is 0.337 e. The number of ether oxygens (including phenoxy) is 2. The van der Waals surface area contributed by atoms with Gasteiger partial charge in [-0.1, -0.05) is 30.0 Å². The Morgan fingerprint density at radius 1 is 1.17 bits per heavy atom. The number of amides is 1. The fraction of sp³-hybridized carbons (Fsp3) is 0.111. The van der Waals surface area contributed by atoms with E-state index in [-0.39, 0.29) is 5.91 Å². The molecule has 2 aromatic rings. The van der Waals surface area contributed by atoms with Gasteiger partial charge in [-0.3, -0.25) is 4.79 Å². The van der Waals surface area contributed by atoms with E-state index in [1.54, 1.807) is 31.4 Å². The summed E-state index contributed by atoms with van der Waals surface area (Å²) in [5.41, 5.74) is 1.83. The van der Waals surface area contributed by atoms with Crippen LogP contribution >= 0.6 is 11.8 Å². The Hall–Kier alpha value is -2.73. The molecular weight excluding hydrogens is 326 g/mol. The number of carbonyl (C=O) groups is 2. The van der Waals surface area contributed by atoms with E-state index in [1.165, 1.54) is 18.9 Å². The fourth-order valence-electron chi connectivity index (χ4n) is 2.33. The number of fused-ring (bicyclic) bond motifs is 1. The molecule has 1 N–H and O–H groups in total. The number of esters is 1. The minimum Gasteiger partial charge on any atom is -0.496 e. The van der Waals surface area contributed by atoms with Crippen molar-refractivity contribution in [1.29, 1.82) is 0 Å². The van der Waals surface area contributed by atoms with Gasteiger partial charge in [0.2, 0.25) is 0 Å². The zero-order chi connectivity index (χ0) is 17.1. The van der Waals surface area contributed by atoms with Crippen molar-refractivity contribution in [3.05, 3.63) is 58.5 Å². The standard InChI is InChI=1S/C18H15NO4S/c1-22-14-6-4-3-5-11(14)10-16-17(20)19-13-9-12(18(21)23-2)7-8-15(13)24-16/h3-10H,1-2H3,(H,19,20). The lowest BCUT2D eigenvalue weighted by atomic mass is 10.1. The SMILES string of the molecule is COC(=O)c1ccc2c(c1)NC(=O)C(=Cc1ccccc1OC)S2. The summed E-state index contributed by atoms with van der Waals surface area (Å²) in [5, 5.41) is 2.81. The van der Waals surface area contributed by atoms with Crippen molar-refractivity contribution in [3.63, 3.8) is 0 Å². The highest BCUT2D eigenvalue weighted by atomic mass is 32.2. The first-order valence-electron chi connectivity index (χ1n) is 7.18. The number of hydrogen-bond acceptors (Lipinski definition) is 5. The molecule has 0 radical (unpaired) electrons. The molecule has 0 atom stereocenters. The zero-order valence-corrected chi connectivity index (χ0v) is 14.0. The van der Waals surface area contributed by atoms with Gasteiger partial charge in [-0.05, 0) is 30.3 Å². The van der Waals surface area contributed by atoms with Crippen molar-refractivity contribution in [2.24, 2.45) is 0 Å². The average Bonchev–Trinajstić information content (AvgIpc) is 2.61. The molecule has 122 valence electrons. The third-order valence-electron chi connectivity index (χ3n) is 3.52. The molecule has 0 saturated carbocycles. The van der Waals surface area contributed by atoms with Gasteiger partial charge < -0.3 is 14.8 Å². The third kappa shape index (κ3) is 3.14. The van der Waals surface area contributed by atoms with Gasteiger partial charge in [0.05, 0.1) is 30.4 Å². The van der Waals surface area contributed by atoms with Gasteiger partial charge in [-0.25, -0.2) is 4.79 Å². The van der Waals surface area contributed by atoms with Gasteiger partial charge in [0.25, 0.3) is 5.91 Å². The summed E-state index contributed by atoms with van der Waals surface area (Å²) < 4.78 is 10.0. The Morgan fingerprint density at radius 2 is 1.96 bits per heavy atom. The van der Waals surface area contributed by atoms with Crippen molar-refractivity contribution in [3.8, 4) is 5.75 Å². The predicted octanol–water partition coefficient (Wildman–Crippen LogP) is 3.57. The molecule has 3 rings (SSSR count). The van der Waals surface area contributed by atoms with Crippen LogP contribution in [0.2, 0.25) is 0 Å². The third-order valence-corrected chi connectivity index (χ3v) is 4.62. The highest BCUT2D eigenvalue weighted by molar-refractivity contribution is 8.04. The second-order valence-electron chi connectivity index (χ2n) is 5.01. The van der Waals surface area contributed by atoms with Gasteiger partial charge in [0.1, 0.15) is 5.75 Å². The topological polar surface area (TPSA) is 64.6 Å². The van der Waals surface area contributed by atoms with Crippen LogP contribution < -0.4 is 10.1 Å². The minimum absolute atomic E-state index is 0.222. The first kappa shape index (κ1) is 16.1. The molecule has 1 aliphatic heterocycles. The van der Waals surface area contributed by atoms with Crippen LogP contribution in [0.3, 0.4) is 0 Å². The summed E-state index contributed by atoms with van der Waals surface area (Å²) in [5.74, 6) is 0.0399. The van der Waals surface area contributed by atoms with Crippen LogP contribution in [0.1, 0.15) is 15.9 Å². The summed E-state index contributed by atoms with van der Waals surface area (Å²) >= 11 is 1.35. The van der Waals surface area contributed by atoms with Crippen LogP contribution in [0, 0.1) is 0 Å². The van der Waals surface area contributed by atoms with E-state index >= 15 is 0 Å². The Balaban J connectivity index is 1.94. The Morgan fingerprint density at radius 3 is 2.71 bits per heavy atom. The van der Waals surface area contributed by atoms with Gasteiger partial charge in [-0.2, -0.15) is 0 Å². The second kappa shape index (κ2) is 6.80. The van der Waals surface area contributed by atoms with Crippen molar-refractivity contribution >= 4 is 35.4 Å². The molecule has 0 fully saturated rings. The number of benzene rings is 2. The maximum atomic E-state index is 12.4. The Bertz CT molecular complexity index is 845. The summed E-state index contributed by atoms with van der Waals surface area (Å²) in [6.07, 6.45) is 1.79. The molecule has 0 aliphatic carbocycles. The van der Waals surface area contributed by atoms with E-state index in [4.69, 9.17) is 9.47 Å². The molecule has 1 heterocycles. The molecule has 2 aromatic carbocycles. The smallest absolute Gasteiger partial charge is 0.337 e. The molecule has 0 aromatic heterocycles. The zero-order valence-electron chi connectivity index (χ0n) is 13.2. The molecule has 0 saturated heterocycles. The maximum absolute atomic E-state index is 12.4. The first-order valence-corrected chi connectivity index (χ1v) is 8.00. The first-order chi connectivity index (χ1) is 11.6. The van der Waals surface area contributed by atoms with Crippen molar-refractivity contribution < 1.29 is 19.1 Å². The molecule has 0 bridgehead atoms. The van der Waals surface area contributed by atoms with Crippen LogP contribution in [-0.2, 0) is 9.53 Å². The summed E-state index contributed by atoms with van der Waals surface area (Å²) in [6.45, 7) is 0. The highest BCUT2D eigenvalue weighted by Crippen LogP contribution is 2.40. The number of methoxy groups -OCH3 is 2. The van der Waals surface area contributed by atoms with E-state index in [0.717, 1.165) is 10.5 Å². The van der Waals surface area contributed by atoms with E-state index in [9.17, 15) is 9.59 Å². The summed E-state index contributed by atoms with van der Waals surface area (Å²) in [4.78, 5) is 25.4. The molecule has 1 amide bonds. The quantitative estimate of drug-likeness (QED) is 0.683. The Labute approximate surface area is 143 Å². The molecule has 0 spiro atoms. The molecular formula is C18H15NO4S. The normalized spacial score (nSPS) is 14.8. The lowest BCUT2D eigenvalue weighted by Crippen LogP contribution is -2.18. The van der Waals surface area contributed by atoms with E-state index in [1.807, 2.05) is 24.3 Å². The monoisotopic (exact) mass is 341 g/mol. The van der Waals surface area contributed by atoms with Crippen LogP contribution in [0.4, 0.5) is 5.69 Å². The van der Waals surface area contributed by atoms with E-state index < -0.39 is 5.97 Å².